The molecule has 7 heteroatoms. The molecule has 122 valence electrons. The lowest BCUT2D eigenvalue weighted by Crippen LogP contribution is -2.45. The van der Waals surface area contributed by atoms with Crippen LogP contribution in [0.4, 0.5) is 0 Å². The van der Waals surface area contributed by atoms with E-state index in [4.69, 9.17) is 0 Å². The Labute approximate surface area is 135 Å². The first-order chi connectivity index (χ1) is 10.7. The van der Waals surface area contributed by atoms with Crippen LogP contribution in [0.5, 0.6) is 0 Å². The SMILES string of the molecule is CN=C(NCC(=O)NC1CCCCC1)NCc1nc(C)cs1. The monoisotopic (exact) mass is 323 g/mol. The van der Waals surface area contributed by atoms with Gasteiger partial charge in [0.05, 0.1) is 13.1 Å². The zero-order chi connectivity index (χ0) is 15.8. The normalized spacial score (nSPS) is 16.4. The van der Waals surface area contributed by atoms with Crippen LogP contribution in [0.15, 0.2) is 10.4 Å². The number of carbonyl (C=O) groups excluding carboxylic acids is 1. The van der Waals surface area contributed by atoms with Crippen LogP contribution in [0.25, 0.3) is 0 Å². The highest BCUT2D eigenvalue weighted by Gasteiger charge is 2.15. The average Bonchev–Trinajstić information content (AvgIpc) is 2.94. The lowest BCUT2D eigenvalue weighted by atomic mass is 9.95. The van der Waals surface area contributed by atoms with Crippen LogP contribution in [-0.2, 0) is 11.3 Å². The third-order valence-corrected chi connectivity index (χ3v) is 4.65. The Kier molecular flexibility index (Phi) is 6.64. The van der Waals surface area contributed by atoms with Crippen molar-refractivity contribution in [3.8, 4) is 0 Å². The second-order valence-corrected chi connectivity index (χ2v) is 6.51. The lowest BCUT2D eigenvalue weighted by Gasteiger charge is -2.23. The maximum absolute atomic E-state index is 11.9. The van der Waals surface area contributed by atoms with E-state index in [1.165, 1.54) is 19.3 Å². The number of nitrogens with zero attached hydrogens (tertiary/aromatic N) is 2. The summed E-state index contributed by atoms with van der Waals surface area (Å²) in [5.41, 5.74) is 1.02. The maximum atomic E-state index is 11.9. The number of guanidine groups is 1. The van der Waals surface area contributed by atoms with E-state index in [0.29, 0.717) is 18.5 Å². The molecule has 1 aromatic heterocycles. The quantitative estimate of drug-likeness (QED) is 0.568. The molecule has 0 atom stereocenters. The molecule has 1 heterocycles. The van der Waals surface area contributed by atoms with E-state index in [0.717, 1.165) is 23.5 Å². The van der Waals surface area contributed by atoms with E-state index >= 15 is 0 Å². The summed E-state index contributed by atoms with van der Waals surface area (Å²) in [4.78, 5) is 20.4. The summed E-state index contributed by atoms with van der Waals surface area (Å²) in [6.45, 7) is 2.83. The summed E-state index contributed by atoms with van der Waals surface area (Å²) in [5.74, 6) is 0.645. The van der Waals surface area contributed by atoms with Gasteiger partial charge in [-0.1, -0.05) is 19.3 Å². The van der Waals surface area contributed by atoms with Crippen molar-refractivity contribution in [3.63, 3.8) is 0 Å². The lowest BCUT2D eigenvalue weighted by molar-refractivity contribution is -0.120. The van der Waals surface area contributed by atoms with Gasteiger partial charge in [-0.25, -0.2) is 4.98 Å². The van der Waals surface area contributed by atoms with Gasteiger partial charge in [-0.3, -0.25) is 9.79 Å². The van der Waals surface area contributed by atoms with Crippen molar-refractivity contribution in [2.75, 3.05) is 13.6 Å². The number of hydrogen-bond donors (Lipinski definition) is 3. The van der Waals surface area contributed by atoms with Gasteiger partial charge in [0.2, 0.25) is 5.91 Å². The second kappa shape index (κ2) is 8.73. The zero-order valence-corrected chi connectivity index (χ0v) is 14.1. The van der Waals surface area contributed by atoms with E-state index < -0.39 is 0 Å². The number of aromatic nitrogens is 1. The van der Waals surface area contributed by atoms with Crippen LogP contribution >= 0.6 is 11.3 Å². The molecule has 1 aliphatic rings. The summed E-state index contributed by atoms with van der Waals surface area (Å²) in [6, 6.07) is 0.344. The number of carbonyl (C=O) groups is 1. The topological polar surface area (TPSA) is 78.4 Å². The first kappa shape index (κ1) is 16.7. The van der Waals surface area contributed by atoms with Gasteiger partial charge >= 0.3 is 0 Å². The van der Waals surface area contributed by atoms with Crippen LogP contribution in [0.2, 0.25) is 0 Å². The Bertz CT molecular complexity index is 508. The van der Waals surface area contributed by atoms with Gasteiger partial charge in [0.1, 0.15) is 5.01 Å². The zero-order valence-electron chi connectivity index (χ0n) is 13.3. The molecule has 0 unspecified atom stereocenters. The van der Waals surface area contributed by atoms with Gasteiger partial charge in [0, 0.05) is 24.2 Å². The van der Waals surface area contributed by atoms with E-state index in [1.807, 2.05) is 12.3 Å². The molecule has 0 spiro atoms. The third kappa shape index (κ3) is 5.63. The van der Waals surface area contributed by atoms with Gasteiger partial charge in [-0.05, 0) is 19.8 Å². The number of nitrogens with one attached hydrogen (secondary N) is 3. The molecule has 0 saturated heterocycles. The Balaban J connectivity index is 1.67. The van der Waals surface area contributed by atoms with Gasteiger partial charge in [0.15, 0.2) is 5.96 Å². The summed E-state index contributed by atoms with van der Waals surface area (Å²) in [7, 11) is 1.70. The van der Waals surface area contributed by atoms with Gasteiger partial charge in [0.25, 0.3) is 0 Å². The van der Waals surface area contributed by atoms with Gasteiger partial charge in [-0.15, -0.1) is 11.3 Å². The first-order valence-electron chi connectivity index (χ1n) is 7.82. The predicted molar refractivity (Wildman–Crippen MR) is 90.1 cm³/mol. The smallest absolute Gasteiger partial charge is 0.239 e. The number of rotatable bonds is 5. The Morgan fingerprint density at radius 1 is 1.36 bits per heavy atom. The van der Waals surface area contributed by atoms with Crippen molar-refractivity contribution >= 4 is 23.2 Å². The van der Waals surface area contributed by atoms with Crippen molar-refractivity contribution in [1.82, 2.24) is 20.9 Å². The number of amides is 1. The maximum Gasteiger partial charge on any atom is 0.239 e. The van der Waals surface area contributed by atoms with Crippen LogP contribution in [-0.4, -0.2) is 36.5 Å². The first-order valence-corrected chi connectivity index (χ1v) is 8.70. The predicted octanol–water partition coefficient (Wildman–Crippen LogP) is 1.57. The van der Waals surface area contributed by atoms with Crippen LogP contribution in [0.1, 0.15) is 42.8 Å². The second-order valence-electron chi connectivity index (χ2n) is 5.56. The fraction of sp³-hybridized carbons (Fsp3) is 0.667. The summed E-state index contributed by atoms with van der Waals surface area (Å²) >= 11 is 1.61. The molecule has 1 amide bonds. The highest BCUT2D eigenvalue weighted by molar-refractivity contribution is 7.09. The summed E-state index contributed by atoms with van der Waals surface area (Å²) < 4.78 is 0. The number of thiazole rings is 1. The molecule has 1 saturated carbocycles. The minimum atomic E-state index is 0.0277. The van der Waals surface area contributed by atoms with Gasteiger partial charge < -0.3 is 16.0 Å². The molecule has 6 nitrogen and oxygen atoms in total. The Morgan fingerprint density at radius 3 is 2.77 bits per heavy atom. The van der Waals surface area contributed by atoms with E-state index in [-0.39, 0.29) is 12.5 Å². The summed E-state index contributed by atoms with van der Waals surface area (Å²) in [5, 5.41) is 12.3. The van der Waals surface area contributed by atoms with E-state index in [1.54, 1.807) is 18.4 Å². The van der Waals surface area contributed by atoms with Crippen molar-refractivity contribution in [3.05, 3.63) is 16.1 Å². The summed E-state index contributed by atoms with van der Waals surface area (Å²) in [6.07, 6.45) is 5.92. The fourth-order valence-electron chi connectivity index (χ4n) is 2.55. The molecule has 22 heavy (non-hydrogen) atoms. The molecule has 1 fully saturated rings. The van der Waals surface area contributed by atoms with Crippen molar-refractivity contribution in [1.29, 1.82) is 0 Å². The van der Waals surface area contributed by atoms with Crippen molar-refractivity contribution in [2.45, 2.75) is 51.6 Å². The molecule has 1 aromatic rings. The molecule has 2 rings (SSSR count). The standard InChI is InChI=1S/C15H25N5OS/c1-11-10-22-14(19-11)9-18-15(16-2)17-8-13(21)20-12-6-4-3-5-7-12/h10,12H,3-9H2,1-2H3,(H,20,21)(H2,16,17,18). The fourth-order valence-corrected chi connectivity index (χ4v) is 3.26. The van der Waals surface area contributed by atoms with Crippen LogP contribution in [0.3, 0.4) is 0 Å². The molecule has 0 aliphatic heterocycles. The van der Waals surface area contributed by atoms with Crippen LogP contribution in [0, 0.1) is 6.92 Å². The Morgan fingerprint density at radius 2 is 2.14 bits per heavy atom. The van der Waals surface area contributed by atoms with E-state index in [9.17, 15) is 4.79 Å². The minimum Gasteiger partial charge on any atom is -0.352 e. The average molecular weight is 323 g/mol. The van der Waals surface area contributed by atoms with Crippen molar-refractivity contribution in [2.24, 2.45) is 4.99 Å². The Hall–Kier alpha value is -1.63. The highest BCUT2D eigenvalue weighted by atomic mass is 32.1. The molecule has 1 aliphatic carbocycles. The molecule has 0 bridgehead atoms. The largest absolute Gasteiger partial charge is 0.352 e. The third-order valence-electron chi connectivity index (χ3n) is 3.68. The highest BCUT2D eigenvalue weighted by Crippen LogP contribution is 2.17. The molecule has 3 N–H and O–H groups in total. The molecular weight excluding hydrogens is 298 g/mol. The van der Waals surface area contributed by atoms with Crippen LogP contribution < -0.4 is 16.0 Å². The van der Waals surface area contributed by atoms with Gasteiger partial charge in [-0.2, -0.15) is 0 Å². The molecular formula is C15H25N5OS. The molecule has 0 radical (unpaired) electrons. The molecule has 0 aromatic carbocycles. The number of hydrogen-bond acceptors (Lipinski definition) is 4. The van der Waals surface area contributed by atoms with Crippen molar-refractivity contribution < 1.29 is 4.79 Å². The minimum absolute atomic E-state index is 0.0277. The number of aryl methyl sites for hydroxylation is 1. The number of aliphatic imine (C=N–C) groups is 1. The van der Waals surface area contributed by atoms with E-state index in [2.05, 4.69) is 25.9 Å².